The lowest BCUT2D eigenvalue weighted by atomic mass is 9.99. The zero-order chi connectivity index (χ0) is 26.6. The fourth-order valence-corrected chi connectivity index (χ4v) is 5.88. The van der Waals surface area contributed by atoms with Crippen LogP contribution in [0.4, 0.5) is 9.59 Å². The van der Waals surface area contributed by atoms with Gasteiger partial charge in [-0.05, 0) is 90.6 Å². The molecular weight excluding hydrogens is 484 g/mol. The highest BCUT2D eigenvalue weighted by Crippen LogP contribution is 2.23. The molecule has 2 amide bonds. The van der Waals surface area contributed by atoms with Crippen LogP contribution in [0.15, 0.2) is 0 Å². The lowest BCUT2D eigenvalue weighted by Crippen LogP contribution is -2.42. The van der Waals surface area contributed by atoms with Crippen molar-refractivity contribution in [3.63, 3.8) is 0 Å². The maximum atomic E-state index is 11.8. The maximum absolute atomic E-state index is 11.8. The van der Waals surface area contributed by atoms with Crippen LogP contribution in [0.2, 0.25) is 0 Å². The van der Waals surface area contributed by atoms with E-state index in [2.05, 4.69) is 6.92 Å². The fraction of sp³-hybridized carbons (Fsp3) is 0.923. The van der Waals surface area contributed by atoms with E-state index in [4.69, 9.17) is 9.47 Å². The average Bonchev–Trinajstić information content (AvgIpc) is 2.76. The van der Waals surface area contributed by atoms with Crippen molar-refractivity contribution in [2.75, 3.05) is 49.2 Å². The number of ether oxygens (including phenoxy) is 2. The number of rotatable bonds is 6. The highest BCUT2D eigenvalue weighted by Gasteiger charge is 2.28. The predicted molar refractivity (Wildman–Crippen MR) is 148 cm³/mol. The molecular formula is C26H50N2O5S2. The zero-order valence-corrected chi connectivity index (χ0v) is 25.0. The van der Waals surface area contributed by atoms with E-state index in [1.54, 1.807) is 4.90 Å². The zero-order valence-electron chi connectivity index (χ0n) is 23.4. The van der Waals surface area contributed by atoms with Crippen LogP contribution < -0.4 is 0 Å². The largest absolute Gasteiger partial charge is 0.444 e. The summed E-state index contributed by atoms with van der Waals surface area (Å²) in [5.74, 6) is 5.19. The number of carbonyl (C=O) groups excluding carboxylic acids is 2. The smallest absolute Gasteiger partial charge is 0.410 e. The normalized spacial score (nSPS) is 19.0. The quantitative estimate of drug-likeness (QED) is 0.429. The first-order valence-corrected chi connectivity index (χ1v) is 15.8. The van der Waals surface area contributed by atoms with Crippen molar-refractivity contribution in [1.29, 1.82) is 0 Å². The molecule has 0 bridgehead atoms. The number of likely N-dealkylation sites (tertiary alicyclic amines) is 2. The van der Waals surface area contributed by atoms with Crippen LogP contribution >= 0.6 is 11.8 Å². The van der Waals surface area contributed by atoms with E-state index in [9.17, 15) is 13.8 Å². The van der Waals surface area contributed by atoms with Crippen LogP contribution in [0.1, 0.15) is 81.1 Å². The molecule has 0 N–H and O–H groups in total. The number of hydrogen-bond donors (Lipinski definition) is 0. The summed E-state index contributed by atoms with van der Waals surface area (Å²) in [6.45, 7) is 18.7. The molecule has 0 aromatic carbocycles. The highest BCUT2D eigenvalue weighted by molar-refractivity contribution is 7.99. The number of amides is 2. The summed E-state index contributed by atoms with van der Waals surface area (Å²) in [4.78, 5) is 27.3. The minimum atomic E-state index is -0.697. The second-order valence-corrected chi connectivity index (χ2v) is 14.5. The highest BCUT2D eigenvalue weighted by atomic mass is 32.2. The van der Waals surface area contributed by atoms with Gasteiger partial charge < -0.3 is 19.3 Å². The second-order valence-electron chi connectivity index (χ2n) is 11.4. The summed E-state index contributed by atoms with van der Waals surface area (Å²) >= 11 is 2.00. The van der Waals surface area contributed by atoms with Gasteiger partial charge in [0.2, 0.25) is 0 Å². The average molecular weight is 535 g/mol. The SMILES string of the molecule is CCS(=O)CC1CCN(C(=O)OC(C)(C)C)CC1.CCSCC1CCN(C(=O)OC(C)(C)C)CC1. The first kappa shape index (κ1) is 32.1. The maximum Gasteiger partial charge on any atom is 0.410 e. The number of carbonyl (C=O) groups is 2. The van der Waals surface area contributed by atoms with Gasteiger partial charge in [0.05, 0.1) is 0 Å². The Morgan fingerprint density at radius 2 is 1.20 bits per heavy atom. The van der Waals surface area contributed by atoms with Gasteiger partial charge in [0.25, 0.3) is 0 Å². The molecule has 2 aliphatic heterocycles. The summed E-state index contributed by atoms with van der Waals surface area (Å²) in [5.41, 5.74) is -0.816. The molecule has 2 saturated heterocycles. The summed E-state index contributed by atoms with van der Waals surface area (Å²) < 4.78 is 22.2. The lowest BCUT2D eigenvalue weighted by molar-refractivity contribution is 0.0180. The van der Waals surface area contributed by atoms with Gasteiger partial charge in [-0.1, -0.05) is 13.8 Å². The molecule has 7 nitrogen and oxygen atoms in total. The monoisotopic (exact) mass is 534 g/mol. The Balaban J connectivity index is 0.000000351. The Bertz CT molecular complexity index is 660. The second kappa shape index (κ2) is 15.3. The molecule has 2 rings (SSSR count). The van der Waals surface area contributed by atoms with Gasteiger partial charge >= 0.3 is 12.2 Å². The summed E-state index contributed by atoms with van der Waals surface area (Å²) in [5, 5.41) is 0. The van der Waals surface area contributed by atoms with Crippen LogP contribution in [-0.2, 0) is 20.3 Å². The summed E-state index contributed by atoms with van der Waals surface area (Å²) in [6, 6.07) is 0. The molecule has 35 heavy (non-hydrogen) atoms. The first-order valence-electron chi connectivity index (χ1n) is 13.1. The van der Waals surface area contributed by atoms with Gasteiger partial charge in [0.1, 0.15) is 11.2 Å². The van der Waals surface area contributed by atoms with Gasteiger partial charge in [-0.15, -0.1) is 0 Å². The molecule has 0 aliphatic carbocycles. The van der Waals surface area contributed by atoms with Gasteiger partial charge in [0.15, 0.2) is 0 Å². The molecule has 206 valence electrons. The number of nitrogens with zero attached hydrogens (tertiary/aromatic N) is 2. The molecule has 1 atom stereocenters. The van der Waals surface area contributed by atoms with Crippen molar-refractivity contribution in [3.8, 4) is 0 Å². The Kier molecular flexibility index (Phi) is 14.0. The van der Waals surface area contributed by atoms with Crippen LogP contribution in [0.25, 0.3) is 0 Å². The molecule has 1 unspecified atom stereocenters. The molecule has 0 aromatic heterocycles. The van der Waals surface area contributed by atoms with Gasteiger partial charge in [-0.2, -0.15) is 11.8 Å². The van der Waals surface area contributed by atoms with Crippen molar-refractivity contribution < 1.29 is 23.3 Å². The Labute approximate surface area is 220 Å². The van der Waals surface area contributed by atoms with Crippen LogP contribution in [0.3, 0.4) is 0 Å². The third-order valence-electron chi connectivity index (χ3n) is 5.83. The third kappa shape index (κ3) is 14.4. The van der Waals surface area contributed by atoms with E-state index >= 15 is 0 Å². The van der Waals surface area contributed by atoms with Crippen molar-refractivity contribution >= 4 is 34.7 Å². The number of thioether (sulfide) groups is 1. The van der Waals surface area contributed by atoms with Crippen LogP contribution in [0.5, 0.6) is 0 Å². The minimum absolute atomic E-state index is 0.154. The van der Waals surface area contributed by atoms with E-state index in [0.717, 1.165) is 69.3 Å². The Hall–Kier alpha value is -0.960. The van der Waals surface area contributed by atoms with Gasteiger partial charge in [-0.3, -0.25) is 4.21 Å². The molecule has 9 heteroatoms. The molecule has 2 heterocycles. The van der Waals surface area contributed by atoms with Gasteiger partial charge in [0, 0.05) is 48.5 Å². The topological polar surface area (TPSA) is 76.2 Å². The molecule has 2 aliphatic rings. The molecule has 0 spiro atoms. The van der Waals surface area contributed by atoms with Crippen LogP contribution in [0, 0.1) is 11.8 Å². The van der Waals surface area contributed by atoms with Crippen molar-refractivity contribution in [2.24, 2.45) is 11.8 Å². The number of hydrogen-bond acceptors (Lipinski definition) is 6. The van der Waals surface area contributed by atoms with E-state index in [-0.39, 0.29) is 17.8 Å². The Morgan fingerprint density at radius 1 is 0.800 bits per heavy atom. The standard InChI is InChI=1S/C13H25NO3S.C13H25NO2S/c1-5-18(16)10-11-6-8-14(9-7-11)12(15)17-13(2,3)4;1-5-17-10-11-6-8-14(9-7-11)12(15)16-13(2,3)4/h11H,5-10H2,1-4H3;11H,5-10H2,1-4H3. The van der Waals surface area contributed by atoms with E-state index in [0.29, 0.717) is 5.92 Å². The fourth-order valence-electron chi connectivity index (χ4n) is 3.88. The lowest BCUT2D eigenvalue weighted by Gasteiger charge is -2.33. The molecule has 2 fully saturated rings. The van der Waals surface area contributed by atoms with Crippen LogP contribution in [-0.4, -0.2) is 86.6 Å². The molecule has 0 saturated carbocycles. The third-order valence-corrected chi connectivity index (χ3v) is 8.44. The van der Waals surface area contributed by atoms with Crippen molar-refractivity contribution in [1.82, 2.24) is 9.80 Å². The predicted octanol–water partition coefficient (Wildman–Crippen LogP) is 5.79. The van der Waals surface area contributed by atoms with Gasteiger partial charge in [-0.25, -0.2) is 9.59 Å². The first-order chi connectivity index (χ1) is 16.2. The molecule has 0 aromatic rings. The number of piperidine rings is 2. The van der Waals surface area contributed by atoms with E-state index < -0.39 is 16.4 Å². The van der Waals surface area contributed by atoms with E-state index in [1.807, 2.05) is 65.1 Å². The van der Waals surface area contributed by atoms with Crippen molar-refractivity contribution in [3.05, 3.63) is 0 Å². The minimum Gasteiger partial charge on any atom is -0.444 e. The summed E-state index contributed by atoms with van der Waals surface area (Å²) in [6.07, 6.45) is 3.73. The van der Waals surface area contributed by atoms with E-state index in [1.165, 1.54) is 11.5 Å². The Morgan fingerprint density at radius 3 is 1.54 bits per heavy atom. The summed E-state index contributed by atoms with van der Waals surface area (Å²) in [7, 11) is -0.697. The molecule has 0 radical (unpaired) electrons. The van der Waals surface area contributed by atoms with Crippen molar-refractivity contribution in [2.45, 2.75) is 92.3 Å².